The van der Waals surface area contributed by atoms with Gasteiger partial charge >= 0.3 is 0 Å². The Labute approximate surface area is 158 Å². The van der Waals surface area contributed by atoms with Gasteiger partial charge in [-0.05, 0) is 34.4 Å². The fraction of sp³-hybridized carbons (Fsp3) is 0.286. The van der Waals surface area contributed by atoms with Crippen LogP contribution in [0.15, 0.2) is 60.0 Å². The van der Waals surface area contributed by atoms with E-state index in [-0.39, 0.29) is 5.91 Å². The van der Waals surface area contributed by atoms with E-state index < -0.39 is 0 Å². The Kier molecular flexibility index (Phi) is 5.29. The molecule has 1 saturated heterocycles. The van der Waals surface area contributed by atoms with Gasteiger partial charge in [0.1, 0.15) is 32.7 Å². The lowest BCUT2D eigenvalue weighted by Gasteiger charge is -2.29. The molecule has 0 unspecified atom stereocenters. The van der Waals surface area contributed by atoms with Crippen molar-refractivity contribution in [3.63, 3.8) is 0 Å². The first-order chi connectivity index (χ1) is 12.8. The van der Waals surface area contributed by atoms with Crippen molar-refractivity contribution in [3.05, 3.63) is 64.9 Å². The summed E-state index contributed by atoms with van der Waals surface area (Å²) in [6.45, 7) is 6.07. The number of fused-ring (bicyclic) bond motifs is 1. The third-order valence-corrected chi connectivity index (χ3v) is 5.99. The zero-order valence-electron chi connectivity index (χ0n) is 14.8. The quantitative estimate of drug-likeness (QED) is 0.614. The lowest BCUT2D eigenvalue weighted by atomic mass is 10.1. The maximum atomic E-state index is 12.4. The molecule has 4 nitrogen and oxygen atoms in total. The van der Waals surface area contributed by atoms with Crippen LogP contribution in [0.3, 0.4) is 0 Å². The SMILES string of the molecule is O=C(C[NH+]1CC[NH+](Cc2cccs2)CC1)Nc1ccc2ccccc2c1. The van der Waals surface area contributed by atoms with Gasteiger partial charge in [0, 0.05) is 5.69 Å². The van der Waals surface area contributed by atoms with E-state index in [9.17, 15) is 4.79 Å². The van der Waals surface area contributed by atoms with Crippen LogP contribution in [0.1, 0.15) is 4.88 Å². The Morgan fingerprint density at radius 2 is 1.69 bits per heavy atom. The molecular formula is C21H25N3OS+2. The Morgan fingerprint density at radius 1 is 0.923 bits per heavy atom. The molecule has 3 aromatic rings. The molecule has 4 rings (SSSR count). The van der Waals surface area contributed by atoms with Crippen LogP contribution in [0.25, 0.3) is 10.8 Å². The predicted octanol–water partition coefficient (Wildman–Crippen LogP) is 0.823. The third kappa shape index (κ3) is 4.30. The molecule has 3 N–H and O–H groups in total. The highest BCUT2D eigenvalue weighted by Gasteiger charge is 2.25. The fourth-order valence-corrected chi connectivity index (χ4v) is 4.45. The summed E-state index contributed by atoms with van der Waals surface area (Å²) in [5, 5.41) is 7.56. The van der Waals surface area contributed by atoms with Gasteiger partial charge in [-0.3, -0.25) is 4.79 Å². The summed E-state index contributed by atoms with van der Waals surface area (Å²) in [5.41, 5.74) is 0.884. The molecule has 1 aliphatic rings. The molecular weight excluding hydrogens is 342 g/mol. The van der Waals surface area contributed by atoms with E-state index >= 15 is 0 Å². The smallest absolute Gasteiger partial charge is 0.279 e. The van der Waals surface area contributed by atoms with E-state index in [0.717, 1.165) is 43.8 Å². The molecule has 0 atom stereocenters. The monoisotopic (exact) mass is 367 g/mol. The second-order valence-electron chi connectivity index (χ2n) is 7.04. The number of nitrogens with one attached hydrogen (secondary N) is 3. The van der Waals surface area contributed by atoms with Crippen LogP contribution in [0, 0.1) is 0 Å². The van der Waals surface area contributed by atoms with Gasteiger partial charge in [0.25, 0.3) is 5.91 Å². The number of anilines is 1. The summed E-state index contributed by atoms with van der Waals surface area (Å²) in [5.74, 6) is 0.108. The fourth-order valence-electron chi connectivity index (χ4n) is 3.67. The van der Waals surface area contributed by atoms with Crippen molar-refractivity contribution in [1.82, 2.24) is 0 Å². The molecule has 2 aromatic carbocycles. The molecule has 0 radical (unpaired) electrons. The van der Waals surface area contributed by atoms with Gasteiger partial charge < -0.3 is 15.1 Å². The highest BCUT2D eigenvalue weighted by atomic mass is 32.1. The van der Waals surface area contributed by atoms with Crippen LogP contribution < -0.4 is 15.1 Å². The van der Waals surface area contributed by atoms with E-state index in [1.54, 1.807) is 4.90 Å². The van der Waals surface area contributed by atoms with Crippen LogP contribution in [0.5, 0.6) is 0 Å². The molecule has 1 fully saturated rings. The molecule has 2 heterocycles. The van der Waals surface area contributed by atoms with Crippen molar-refractivity contribution in [2.75, 3.05) is 38.0 Å². The zero-order chi connectivity index (χ0) is 17.8. The topological polar surface area (TPSA) is 38.0 Å². The lowest BCUT2D eigenvalue weighted by Crippen LogP contribution is -3.28. The minimum atomic E-state index is 0.108. The van der Waals surface area contributed by atoms with Crippen molar-refractivity contribution in [1.29, 1.82) is 0 Å². The number of quaternary nitrogens is 2. The van der Waals surface area contributed by atoms with Gasteiger partial charge in [-0.15, -0.1) is 11.3 Å². The van der Waals surface area contributed by atoms with Crippen molar-refractivity contribution in [3.8, 4) is 0 Å². The summed E-state index contributed by atoms with van der Waals surface area (Å²) < 4.78 is 0. The summed E-state index contributed by atoms with van der Waals surface area (Å²) in [4.78, 5) is 16.9. The molecule has 0 saturated carbocycles. The minimum Gasteiger partial charge on any atom is -0.321 e. The van der Waals surface area contributed by atoms with Gasteiger partial charge in [0.05, 0.1) is 4.88 Å². The Balaban J connectivity index is 1.27. The average molecular weight is 368 g/mol. The van der Waals surface area contributed by atoms with Gasteiger partial charge in [-0.2, -0.15) is 0 Å². The first kappa shape index (κ1) is 17.2. The van der Waals surface area contributed by atoms with Gasteiger partial charge in [-0.1, -0.05) is 36.4 Å². The Hall–Kier alpha value is -2.21. The molecule has 0 aliphatic carbocycles. The molecule has 0 bridgehead atoms. The van der Waals surface area contributed by atoms with E-state index in [2.05, 4.69) is 41.0 Å². The van der Waals surface area contributed by atoms with E-state index in [1.807, 2.05) is 35.6 Å². The minimum absolute atomic E-state index is 0.108. The summed E-state index contributed by atoms with van der Waals surface area (Å²) >= 11 is 1.84. The molecule has 134 valence electrons. The lowest BCUT2D eigenvalue weighted by molar-refractivity contribution is -1.01. The van der Waals surface area contributed by atoms with E-state index in [0.29, 0.717) is 6.54 Å². The first-order valence-corrected chi connectivity index (χ1v) is 10.1. The van der Waals surface area contributed by atoms with Crippen LogP contribution in [0.2, 0.25) is 0 Å². The molecule has 5 heteroatoms. The van der Waals surface area contributed by atoms with Crippen molar-refractivity contribution < 1.29 is 14.6 Å². The Morgan fingerprint density at radius 3 is 2.46 bits per heavy atom. The second kappa shape index (κ2) is 7.99. The summed E-state index contributed by atoms with van der Waals surface area (Å²) in [7, 11) is 0. The highest BCUT2D eigenvalue weighted by Crippen LogP contribution is 2.18. The van der Waals surface area contributed by atoms with E-state index in [4.69, 9.17) is 0 Å². The molecule has 26 heavy (non-hydrogen) atoms. The molecule has 0 spiro atoms. The number of rotatable bonds is 5. The van der Waals surface area contributed by atoms with Crippen LogP contribution >= 0.6 is 11.3 Å². The maximum absolute atomic E-state index is 12.4. The number of hydrogen-bond donors (Lipinski definition) is 3. The van der Waals surface area contributed by atoms with Crippen molar-refractivity contribution in [2.24, 2.45) is 0 Å². The number of carbonyl (C=O) groups is 1. The largest absolute Gasteiger partial charge is 0.321 e. The van der Waals surface area contributed by atoms with Gasteiger partial charge in [-0.25, -0.2) is 0 Å². The maximum Gasteiger partial charge on any atom is 0.279 e. The standard InChI is InChI=1S/C21H23N3OS/c25-21(22-19-8-7-17-4-1-2-5-18(17)14-19)16-24-11-9-23(10-12-24)15-20-6-3-13-26-20/h1-8,13-14H,9-12,15-16H2,(H,22,25)/p+2. The van der Waals surface area contributed by atoms with Crippen molar-refractivity contribution in [2.45, 2.75) is 6.54 Å². The molecule has 1 amide bonds. The Bertz CT molecular complexity index is 870. The van der Waals surface area contributed by atoms with Crippen LogP contribution in [-0.4, -0.2) is 38.6 Å². The number of hydrogen-bond acceptors (Lipinski definition) is 2. The van der Waals surface area contributed by atoms with Gasteiger partial charge in [0.2, 0.25) is 0 Å². The number of carbonyl (C=O) groups excluding carboxylic acids is 1. The third-order valence-electron chi connectivity index (χ3n) is 5.11. The second-order valence-corrected chi connectivity index (χ2v) is 8.08. The van der Waals surface area contributed by atoms with Crippen LogP contribution in [0.4, 0.5) is 5.69 Å². The van der Waals surface area contributed by atoms with Crippen LogP contribution in [-0.2, 0) is 11.3 Å². The molecule has 1 aliphatic heterocycles. The summed E-state index contributed by atoms with van der Waals surface area (Å²) in [6.07, 6.45) is 0. The first-order valence-electron chi connectivity index (χ1n) is 9.24. The number of thiophene rings is 1. The summed E-state index contributed by atoms with van der Waals surface area (Å²) in [6, 6.07) is 18.6. The average Bonchev–Trinajstić information content (AvgIpc) is 3.16. The van der Waals surface area contributed by atoms with Crippen molar-refractivity contribution >= 4 is 33.7 Å². The number of piperazine rings is 1. The predicted molar refractivity (Wildman–Crippen MR) is 107 cm³/mol. The van der Waals surface area contributed by atoms with Gasteiger partial charge in [0.15, 0.2) is 6.54 Å². The van der Waals surface area contributed by atoms with E-state index in [1.165, 1.54) is 15.2 Å². The number of benzene rings is 2. The number of amides is 1. The normalized spacial score (nSPS) is 20.2. The highest BCUT2D eigenvalue weighted by molar-refractivity contribution is 7.09. The molecule has 1 aromatic heterocycles. The zero-order valence-corrected chi connectivity index (χ0v) is 15.6.